The molecule has 4 aromatic rings. The van der Waals surface area contributed by atoms with Crippen molar-refractivity contribution in [3.63, 3.8) is 0 Å². The number of fused-ring (bicyclic) bond motifs is 1. The maximum atomic E-state index is 12.9. The van der Waals surface area contributed by atoms with Crippen molar-refractivity contribution >= 4 is 28.3 Å². The second-order valence-corrected chi connectivity index (χ2v) is 8.82. The summed E-state index contributed by atoms with van der Waals surface area (Å²) >= 11 is 0. The monoisotopic (exact) mass is 524 g/mol. The van der Waals surface area contributed by atoms with Crippen LogP contribution in [0.1, 0.15) is 13.3 Å². The molecule has 0 saturated heterocycles. The number of alkyl halides is 2. The number of methoxy groups -OCH3 is 2. The molecule has 2 heterocycles. The SMILES string of the molecule is COc1cc(OC)cc(N(CCCNC(=O)C(C)C(F)F)c2ccc3ncc(-c4cnn(C)c4)nc3c2)c1. The van der Waals surface area contributed by atoms with E-state index in [0.29, 0.717) is 35.7 Å². The Morgan fingerprint density at radius 3 is 2.42 bits per heavy atom. The number of amides is 1. The van der Waals surface area contributed by atoms with E-state index in [0.717, 1.165) is 22.5 Å². The number of hydrogen-bond donors (Lipinski definition) is 1. The van der Waals surface area contributed by atoms with Gasteiger partial charge in [-0.05, 0) is 31.5 Å². The largest absolute Gasteiger partial charge is 0.497 e. The molecule has 0 saturated carbocycles. The summed E-state index contributed by atoms with van der Waals surface area (Å²) in [5.74, 6) is -0.800. The molecule has 0 bridgehead atoms. The first-order valence-corrected chi connectivity index (χ1v) is 12.1. The molecule has 0 radical (unpaired) electrons. The van der Waals surface area contributed by atoms with E-state index in [1.54, 1.807) is 37.4 Å². The van der Waals surface area contributed by atoms with Gasteiger partial charge in [0.25, 0.3) is 0 Å². The molecular weight excluding hydrogens is 494 g/mol. The van der Waals surface area contributed by atoms with Gasteiger partial charge in [-0.25, -0.2) is 13.8 Å². The number of halogens is 2. The van der Waals surface area contributed by atoms with Gasteiger partial charge in [0.05, 0.1) is 49.3 Å². The lowest BCUT2D eigenvalue weighted by atomic mass is 10.1. The second kappa shape index (κ2) is 11.8. The summed E-state index contributed by atoms with van der Waals surface area (Å²) in [6.45, 7) is 1.93. The van der Waals surface area contributed by atoms with E-state index < -0.39 is 18.3 Å². The van der Waals surface area contributed by atoms with Gasteiger partial charge in [0.15, 0.2) is 0 Å². The third kappa shape index (κ3) is 6.16. The van der Waals surface area contributed by atoms with Crippen LogP contribution in [-0.4, -0.2) is 59.4 Å². The van der Waals surface area contributed by atoms with Crippen molar-refractivity contribution < 1.29 is 23.0 Å². The van der Waals surface area contributed by atoms with E-state index in [1.807, 2.05) is 48.5 Å². The van der Waals surface area contributed by atoms with Gasteiger partial charge in [0, 0.05) is 61.5 Å². The first-order chi connectivity index (χ1) is 18.3. The number of aromatic nitrogens is 4. The van der Waals surface area contributed by atoms with Crippen LogP contribution < -0.4 is 19.7 Å². The van der Waals surface area contributed by atoms with E-state index in [4.69, 9.17) is 14.5 Å². The molecule has 200 valence electrons. The van der Waals surface area contributed by atoms with Crippen molar-refractivity contribution in [1.82, 2.24) is 25.1 Å². The number of nitrogens with zero attached hydrogens (tertiary/aromatic N) is 5. The number of carbonyl (C=O) groups is 1. The smallest absolute Gasteiger partial charge is 0.249 e. The Balaban J connectivity index is 1.65. The minimum atomic E-state index is -2.70. The summed E-state index contributed by atoms with van der Waals surface area (Å²) in [5, 5.41) is 6.81. The van der Waals surface area contributed by atoms with Crippen LogP contribution in [0.4, 0.5) is 20.2 Å². The van der Waals surface area contributed by atoms with Crippen LogP contribution in [0.25, 0.3) is 22.3 Å². The van der Waals surface area contributed by atoms with Crippen LogP contribution in [0.5, 0.6) is 11.5 Å². The quantitative estimate of drug-likeness (QED) is 0.287. The fraction of sp³-hybridized carbons (Fsp3) is 0.333. The van der Waals surface area contributed by atoms with Gasteiger partial charge in [-0.3, -0.25) is 14.5 Å². The Labute approximate surface area is 219 Å². The van der Waals surface area contributed by atoms with Crippen LogP contribution in [0, 0.1) is 5.92 Å². The molecular formula is C27H30F2N6O3. The number of ether oxygens (including phenoxy) is 2. The number of nitrogens with one attached hydrogen (secondary N) is 1. The lowest BCUT2D eigenvalue weighted by Gasteiger charge is -2.26. The zero-order chi connectivity index (χ0) is 27.2. The highest BCUT2D eigenvalue weighted by atomic mass is 19.3. The highest BCUT2D eigenvalue weighted by Crippen LogP contribution is 2.34. The fourth-order valence-electron chi connectivity index (χ4n) is 3.94. The van der Waals surface area contributed by atoms with Crippen LogP contribution >= 0.6 is 0 Å². The molecule has 1 atom stereocenters. The van der Waals surface area contributed by atoms with E-state index in [-0.39, 0.29) is 6.54 Å². The molecule has 38 heavy (non-hydrogen) atoms. The predicted molar refractivity (Wildman–Crippen MR) is 141 cm³/mol. The average Bonchev–Trinajstić information content (AvgIpc) is 3.37. The molecule has 1 N–H and O–H groups in total. The van der Waals surface area contributed by atoms with Gasteiger partial charge in [0.2, 0.25) is 12.3 Å². The molecule has 4 rings (SSSR count). The molecule has 9 nitrogen and oxygen atoms in total. The third-order valence-corrected chi connectivity index (χ3v) is 6.14. The van der Waals surface area contributed by atoms with Gasteiger partial charge in [-0.1, -0.05) is 0 Å². The summed E-state index contributed by atoms with van der Waals surface area (Å²) in [6.07, 6.45) is 3.12. The molecule has 0 spiro atoms. The van der Waals surface area contributed by atoms with Crippen LogP contribution in [0.2, 0.25) is 0 Å². The van der Waals surface area contributed by atoms with Gasteiger partial charge >= 0.3 is 0 Å². The molecule has 2 aromatic heterocycles. The van der Waals surface area contributed by atoms with Crippen molar-refractivity contribution in [3.05, 3.63) is 55.0 Å². The maximum Gasteiger partial charge on any atom is 0.249 e. The molecule has 0 aliphatic rings. The summed E-state index contributed by atoms with van der Waals surface area (Å²) < 4.78 is 38.3. The first kappa shape index (κ1) is 26.8. The number of rotatable bonds is 11. The minimum Gasteiger partial charge on any atom is -0.497 e. The number of hydrogen-bond acceptors (Lipinski definition) is 7. The molecule has 2 aromatic carbocycles. The van der Waals surface area contributed by atoms with E-state index >= 15 is 0 Å². The zero-order valence-electron chi connectivity index (χ0n) is 21.7. The first-order valence-electron chi connectivity index (χ1n) is 12.1. The van der Waals surface area contributed by atoms with E-state index in [2.05, 4.69) is 15.4 Å². The zero-order valence-corrected chi connectivity index (χ0v) is 21.7. The molecule has 0 aliphatic carbocycles. The van der Waals surface area contributed by atoms with Crippen molar-refractivity contribution in [2.45, 2.75) is 19.8 Å². The van der Waals surface area contributed by atoms with Crippen molar-refractivity contribution in [2.75, 3.05) is 32.2 Å². The summed E-state index contributed by atoms with van der Waals surface area (Å²) in [5.41, 5.74) is 4.62. The molecule has 1 amide bonds. The number of aryl methyl sites for hydroxylation is 1. The highest BCUT2D eigenvalue weighted by molar-refractivity contribution is 5.83. The standard InChI is InChI=1S/C27H30F2N6O3/c1-17(26(28)29)27(36)30-8-5-9-35(20-10-21(37-3)13-22(11-20)38-4)19-6-7-23-24(12-19)33-25(15-31-23)18-14-32-34(2)16-18/h6-7,10-17,26H,5,8-9H2,1-4H3,(H,30,36). The van der Waals surface area contributed by atoms with Crippen molar-refractivity contribution in [2.24, 2.45) is 13.0 Å². The Kier molecular flexibility index (Phi) is 8.35. The lowest BCUT2D eigenvalue weighted by molar-refractivity contribution is -0.128. The van der Waals surface area contributed by atoms with E-state index in [9.17, 15) is 13.6 Å². The van der Waals surface area contributed by atoms with Crippen molar-refractivity contribution in [3.8, 4) is 22.8 Å². The van der Waals surface area contributed by atoms with Gasteiger partial charge < -0.3 is 19.7 Å². The molecule has 1 unspecified atom stereocenters. The van der Waals surface area contributed by atoms with Crippen LogP contribution in [0.3, 0.4) is 0 Å². The molecule has 0 fully saturated rings. The topological polar surface area (TPSA) is 94.4 Å². The second-order valence-electron chi connectivity index (χ2n) is 8.82. The number of carbonyl (C=O) groups excluding carboxylic acids is 1. The summed E-state index contributed by atoms with van der Waals surface area (Å²) in [4.78, 5) is 23.4. The van der Waals surface area contributed by atoms with Crippen LogP contribution in [0.15, 0.2) is 55.0 Å². The van der Waals surface area contributed by atoms with Gasteiger partial charge in [-0.2, -0.15) is 5.10 Å². The highest BCUT2D eigenvalue weighted by Gasteiger charge is 2.22. The van der Waals surface area contributed by atoms with E-state index in [1.165, 1.54) is 6.92 Å². The average molecular weight is 525 g/mol. The molecule has 11 heteroatoms. The maximum absolute atomic E-state index is 12.9. The predicted octanol–water partition coefficient (Wildman–Crippen LogP) is 4.59. The Morgan fingerprint density at radius 2 is 1.79 bits per heavy atom. The Morgan fingerprint density at radius 1 is 1.05 bits per heavy atom. The molecule has 0 aliphatic heterocycles. The number of anilines is 2. The summed E-state index contributed by atoms with van der Waals surface area (Å²) in [7, 11) is 5.00. The number of benzene rings is 2. The lowest BCUT2D eigenvalue weighted by Crippen LogP contribution is -2.34. The van der Waals surface area contributed by atoms with Gasteiger partial charge in [-0.15, -0.1) is 0 Å². The fourth-order valence-corrected chi connectivity index (χ4v) is 3.94. The normalized spacial score (nSPS) is 12.0. The van der Waals surface area contributed by atoms with Gasteiger partial charge in [0.1, 0.15) is 11.5 Å². The Bertz CT molecular complexity index is 1390. The Hall–Kier alpha value is -4.28. The summed E-state index contributed by atoms with van der Waals surface area (Å²) in [6, 6.07) is 11.3. The van der Waals surface area contributed by atoms with Crippen LogP contribution in [-0.2, 0) is 11.8 Å². The third-order valence-electron chi connectivity index (χ3n) is 6.14. The van der Waals surface area contributed by atoms with Crippen molar-refractivity contribution in [1.29, 1.82) is 0 Å². The minimum absolute atomic E-state index is 0.242.